The van der Waals surface area contributed by atoms with E-state index in [4.69, 9.17) is 4.74 Å². The van der Waals surface area contributed by atoms with E-state index in [1.807, 2.05) is 0 Å². The lowest BCUT2D eigenvalue weighted by atomic mass is 10.1. The molecule has 0 amide bonds. The summed E-state index contributed by atoms with van der Waals surface area (Å²) in [5, 5.41) is 4.86. The highest BCUT2D eigenvalue weighted by Crippen LogP contribution is 2.32. The predicted octanol–water partition coefficient (Wildman–Crippen LogP) is 2.61. The van der Waals surface area contributed by atoms with E-state index in [2.05, 4.69) is 10.2 Å². The molecule has 0 aliphatic heterocycles. The van der Waals surface area contributed by atoms with Gasteiger partial charge in [0.05, 0.1) is 11.3 Å². The number of aromatic nitrogens is 2. The quantitative estimate of drug-likeness (QED) is 0.902. The van der Waals surface area contributed by atoms with E-state index in [1.165, 1.54) is 12.1 Å². The van der Waals surface area contributed by atoms with Crippen molar-refractivity contribution < 1.29 is 17.9 Å². The number of ether oxygens (including phenoxy) is 1. The van der Waals surface area contributed by atoms with Crippen molar-refractivity contribution in [2.24, 2.45) is 0 Å². The molecular formula is C12H11F3N2O2. The second-order valence-corrected chi connectivity index (χ2v) is 4.11. The van der Waals surface area contributed by atoms with Crippen LogP contribution in [0.4, 0.5) is 13.2 Å². The van der Waals surface area contributed by atoms with Gasteiger partial charge in [0.25, 0.3) is 5.56 Å². The van der Waals surface area contributed by atoms with Gasteiger partial charge in [-0.2, -0.15) is 13.2 Å². The molecular weight excluding hydrogens is 261 g/mol. The highest BCUT2D eigenvalue weighted by molar-refractivity contribution is 5.35. The van der Waals surface area contributed by atoms with Gasteiger partial charge in [0.2, 0.25) is 0 Å². The third-order valence-electron chi connectivity index (χ3n) is 2.42. The normalized spacial score (nSPS) is 11.6. The summed E-state index contributed by atoms with van der Waals surface area (Å²) < 4.78 is 43.1. The maximum atomic E-state index is 12.6. The van der Waals surface area contributed by atoms with Crippen LogP contribution in [0.15, 0.2) is 29.1 Å². The summed E-state index contributed by atoms with van der Waals surface area (Å²) in [5.74, 6) is 0.106. The molecule has 2 N–H and O–H groups in total. The number of nitrogens with one attached hydrogen (secondary N) is 2. The number of aryl methyl sites for hydroxylation is 1. The molecule has 0 aliphatic rings. The number of benzene rings is 1. The van der Waals surface area contributed by atoms with Crippen molar-refractivity contribution in [3.63, 3.8) is 0 Å². The van der Waals surface area contributed by atoms with E-state index < -0.39 is 11.7 Å². The van der Waals surface area contributed by atoms with Crippen LogP contribution in [0.3, 0.4) is 0 Å². The molecule has 0 saturated heterocycles. The molecule has 1 aromatic heterocycles. The first-order chi connectivity index (χ1) is 8.84. The van der Waals surface area contributed by atoms with Crippen molar-refractivity contribution in [1.82, 2.24) is 10.2 Å². The highest BCUT2D eigenvalue weighted by Gasteiger charge is 2.31. The molecule has 0 atom stereocenters. The Bertz CT molecular complexity index is 628. The van der Waals surface area contributed by atoms with Gasteiger partial charge in [-0.25, -0.2) is 0 Å². The number of H-pyrrole nitrogens is 2. The fourth-order valence-corrected chi connectivity index (χ4v) is 1.61. The van der Waals surface area contributed by atoms with Gasteiger partial charge in [0, 0.05) is 6.07 Å². The van der Waals surface area contributed by atoms with Crippen LogP contribution in [0.5, 0.6) is 5.75 Å². The van der Waals surface area contributed by atoms with Crippen LogP contribution >= 0.6 is 0 Å². The minimum Gasteiger partial charge on any atom is -0.487 e. The zero-order valence-electron chi connectivity index (χ0n) is 9.97. The van der Waals surface area contributed by atoms with Gasteiger partial charge in [-0.1, -0.05) is 0 Å². The maximum Gasteiger partial charge on any atom is 0.416 e. The number of alkyl halides is 3. The van der Waals surface area contributed by atoms with E-state index >= 15 is 0 Å². The Balaban J connectivity index is 2.16. The second kappa shape index (κ2) is 4.83. The summed E-state index contributed by atoms with van der Waals surface area (Å²) in [4.78, 5) is 10.9. The Morgan fingerprint density at radius 3 is 2.47 bits per heavy atom. The van der Waals surface area contributed by atoms with Gasteiger partial charge in [-0.3, -0.25) is 15.0 Å². The number of aromatic amines is 2. The van der Waals surface area contributed by atoms with Gasteiger partial charge in [0.1, 0.15) is 12.4 Å². The molecule has 1 heterocycles. The Kier molecular flexibility index (Phi) is 3.37. The van der Waals surface area contributed by atoms with Crippen LogP contribution in [0, 0.1) is 6.92 Å². The van der Waals surface area contributed by atoms with Crippen molar-refractivity contribution in [2.75, 3.05) is 0 Å². The first-order valence-corrected chi connectivity index (χ1v) is 5.43. The minimum atomic E-state index is -4.41. The van der Waals surface area contributed by atoms with Crippen molar-refractivity contribution in [1.29, 1.82) is 0 Å². The summed E-state index contributed by atoms with van der Waals surface area (Å²) in [5.41, 5.74) is -0.170. The summed E-state index contributed by atoms with van der Waals surface area (Å²) in [6.07, 6.45) is -4.41. The summed E-state index contributed by atoms with van der Waals surface area (Å²) in [7, 11) is 0. The molecule has 0 saturated carbocycles. The standard InChI is InChI=1S/C12H11F3N2O2/c1-7-2-8(12(13,14)15)4-10(3-7)19-6-9-5-11(18)17-16-9/h2-5H,6H2,1H3,(H2,16,17,18). The van der Waals surface area contributed by atoms with Gasteiger partial charge in [-0.15, -0.1) is 0 Å². The minimum absolute atomic E-state index is 0.0144. The molecule has 0 bridgehead atoms. The first kappa shape index (κ1) is 13.3. The zero-order chi connectivity index (χ0) is 14.0. The largest absolute Gasteiger partial charge is 0.487 e. The molecule has 2 rings (SSSR count). The van der Waals surface area contributed by atoms with Crippen LogP contribution in [0.25, 0.3) is 0 Å². The van der Waals surface area contributed by atoms with Crippen molar-refractivity contribution in [3.05, 3.63) is 51.4 Å². The lowest BCUT2D eigenvalue weighted by Gasteiger charge is -2.11. The van der Waals surface area contributed by atoms with Gasteiger partial charge in [0.15, 0.2) is 0 Å². The van der Waals surface area contributed by atoms with E-state index in [9.17, 15) is 18.0 Å². The SMILES string of the molecule is Cc1cc(OCc2cc(=O)[nH][nH]2)cc(C(F)(F)F)c1. The Morgan fingerprint density at radius 1 is 1.16 bits per heavy atom. The Hall–Kier alpha value is -2.18. The smallest absolute Gasteiger partial charge is 0.416 e. The highest BCUT2D eigenvalue weighted by atomic mass is 19.4. The number of halogens is 3. The van der Waals surface area contributed by atoms with Crippen LogP contribution in [-0.4, -0.2) is 10.2 Å². The summed E-state index contributed by atoms with van der Waals surface area (Å²) >= 11 is 0. The van der Waals surface area contributed by atoms with Gasteiger partial charge >= 0.3 is 6.18 Å². The molecule has 4 nitrogen and oxygen atoms in total. The average molecular weight is 272 g/mol. The van der Waals surface area contributed by atoms with Crippen molar-refractivity contribution in [3.8, 4) is 5.75 Å². The monoisotopic (exact) mass is 272 g/mol. The fraction of sp³-hybridized carbons (Fsp3) is 0.250. The summed E-state index contributed by atoms with van der Waals surface area (Å²) in [6.45, 7) is 1.54. The molecule has 0 radical (unpaired) electrons. The van der Waals surface area contributed by atoms with Crippen molar-refractivity contribution in [2.45, 2.75) is 19.7 Å². The maximum absolute atomic E-state index is 12.6. The number of hydrogen-bond acceptors (Lipinski definition) is 2. The molecule has 0 fully saturated rings. The number of hydrogen-bond donors (Lipinski definition) is 2. The van der Waals surface area contributed by atoms with E-state index in [0.29, 0.717) is 11.3 Å². The van der Waals surface area contributed by atoms with Crippen molar-refractivity contribution >= 4 is 0 Å². The van der Waals surface area contributed by atoms with E-state index in [1.54, 1.807) is 6.92 Å². The Labute approximate surface area is 106 Å². The molecule has 1 aromatic carbocycles. The lowest BCUT2D eigenvalue weighted by molar-refractivity contribution is -0.137. The Morgan fingerprint density at radius 2 is 1.89 bits per heavy atom. The van der Waals surface area contributed by atoms with Crippen LogP contribution in [-0.2, 0) is 12.8 Å². The second-order valence-electron chi connectivity index (χ2n) is 4.11. The molecule has 0 aliphatic carbocycles. The van der Waals surface area contributed by atoms with Gasteiger partial charge < -0.3 is 4.74 Å². The van der Waals surface area contributed by atoms with E-state index in [0.717, 1.165) is 12.1 Å². The van der Waals surface area contributed by atoms with Gasteiger partial charge in [-0.05, 0) is 30.7 Å². The first-order valence-electron chi connectivity index (χ1n) is 5.43. The third-order valence-corrected chi connectivity index (χ3v) is 2.42. The summed E-state index contributed by atoms with van der Waals surface area (Å²) in [6, 6.07) is 4.75. The molecule has 102 valence electrons. The molecule has 0 spiro atoms. The molecule has 0 unspecified atom stereocenters. The van der Waals surface area contributed by atoms with Crippen LogP contribution < -0.4 is 10.3 Å². The van der Waals surface area contributed by atoms with Crippen LogP contribution in [0.1, 0.15) is 16.8 Å². The average Bonchev–Trinajstić information content (AvgIpc) is 2.71. The van der Waals surface area contributed by atoms with Crippen LogP contribution in [0.2, 0.25) is 0 Å². The topological polar surface area (TPSA) is 57.9 Å². The third kappa shape index (κ3) is 3.40. The number of rotatable bonds is 3. The van der Waals surface area contributed by atoms with E-state index in [-0.39, 0.29) is 17.9 Å². The molecule has 19 heavy (non-hydrogen) atoms. The predicted molar refractivity (Wildman–Crippen MR) is 61.9 cm³/mol. The lowest BCUT2D eigenvalue weighted by Crippen LogP contribution is -2.06. The fourth-order valence-electron chi connectivity index (χ4n) is 1.61. The molecule has 2 aromatic rings. The zero-order valence-corrected chi connectivity index (χ0v) is 9.97. The molecule has 7 heteroatoms.